The topological polar surface area (TPSA) is 26.3 Å². The van der Waals surface area contributed by atoms with Crippen molar-refractivity contribution in [1.29, 1.82) is 0 Å². The summed E-state index contributed by atoms with van der Waals surface area (Å²) in [6.07, 6.45) is -2.13. The summed E-state index contributed by atoms with van der Waals surface area (Å²) in [5.41, 5.74) is -3.43. The smallest absolute Gasteiger partial charge is 0.405 e. The van der Waals surface area contributed by atoms with Crippen LogP contribution in [0.25, 0.3) is 0 Å². The Labute approximate surface area is 197 Å². The molecule has 0 bridgehead atoms. The monoisotopic (exact) mass is 480 g/mol. The highest BCUT2D eigenvalue weighted by Crippen LogP contribution is 2.51. The zero-order valence-corrected chi connectivity index (χ0v) is 23.9. The molecular formula is C26H51F3O2Si. The van der Waals surface area contributed by atoms with Crippen molar-refractivity contribution in [2.24, 2.45) is 35.0 Å². The summed E-state index contributed by atoms with van der Waals surface area (Å²) in [4.78, 5) is 12.9. The van der Waals surface area contributed by atoms with Gasteiger partial charge in [-0.1, -0.05) is 80.1 Å². The van der Waals surface area contributed by atoms with E-state index in [2.05, 4.69) is 40.4 Å². The van der Waals surface area contributed by atoms with Crippen LogP contribution in [-0.2, 0) is 9.53 Å². The molecule has 0 N–H and O–H groups in total. The van der Waals surface area contributed by atoms with Gasteiger partial charge in [-0.15, -0.1) is 0 Å². The second kappa shape index (κ2) is 11.7. The summed E-state index contributed by atoms with van der Waals surface area (Å²) in [6.45, 7) is 23.6. The lowest BCUT2D eigenvalue weighted by Gasteiger charge is -2.40. The number of hydrogen-bond donors (Lipinski definition) is 0. The lowest BCUT2D eigenvalue weighted by Crippen LogP contribution is -2.52. The first kappa shape index (κ1) is 31.5. The highest BCUT2D eigenvalue weighted by atomic mass is 28.3. The predicted octanol–water partition coefficient (Wildman–Crippen LogP) is 8.98. The van der Waals surface area contributed by atoms with Gasteiger partial charge in [-0.2, -0.15) is 13.2 Å². The molecule has 0 aliphatic carbocycles. The summed E-state index contributed by atoms with van der Waals surface area (Å²) in [6, 6.07) is 1.25. The maximum atomic E-state index is 14.4. The van der Waals surface area contributed by atoms with E-state index < -0.39 is 37.2 Å². The Morgan fingerprint density at radius 2 is 1.41 bits per heavy atom. The van der Waals surface area contributed by atoms with Crippen molar-refractivity contribution in [3.63, 3.8) is 0 Å². The number of halogens is 3. The van der Waals surface area contributed by atoms with Crippen LogP contribution in [0.15, 0.2) is 0 Å². The van der Waals surface area contributed by atoms with E-state index in [-0.39, 0.29) is 12.3 Å². The molecule has 0 aliphatic rings. The molecule has 0 rings (SSSR count). The highest BCUT2D eigenvalue weighted by molar-refractivity contribution is 6.76. The highest BCUT2D eigenvalue weighted by Gasteiger charge is 2.63. The molecule has 0 spiro atoms. The van der Waals surface area contributed by atoms with Crippen LogP contribution in [-0.4, -0.2) is 25.8 Å². The van der Waals surface area contributed by atoms with E-state index in [4.69, 9.17) is 4.74 Å². The van der Waals surface area contributed by atoms with E-state index in [1.807, 2.05) is 6.92 Å². The number of ether oxygens (including phenoxy) is 1. The number of carbonyl (C=O) groups is 1. The van der Waals surface area contributed by atoms with Gasteiger partial charge in [0.1, 0.15) is 5.60 Å². The van der Waals surface area contributed by atoms with Crippen LogP contribution in [0.2, 0.25) is 25.7 Å². The first-order valence-corrected chi connectivity index (χ1v) is 16.1. The van der Waals surface area contributed by atoms with Gasteiger partial charge in [-0.25, -0.2) is 0 Å². The molecule has 32 heavy (non-hydrogen) atoms. The number of rotatable bonds is 12. The Kier molecular flexibility index (Phi) is 11.6. The molecule has 0 saturated carbocycles. The van der Waals surface area contributed by atoms with Crippen LogP contribution in [0.4, 0.5) is 13.2 Å². The minimum atomic E-state index is -4.65. The molecule has 0 aromatic carbocycles. The fourth-order valence-corrected chi connectivity index (χ4v) is 6.97. The molecule has 0 aromatic heterocycles. The Hall–Kier alpha value is -0.523. The van der Waals surface area contributed by atoms with Gasteiger partial charge in [0, 0.05) is 8.07 Å². The van der Waals surface area contributed by atoms with Crippen LogP contribution in [0, 0.1) is 35.0 Å². The second-order valence-electron chi connectivity index (χ2n) is 13.1. The van der Waals surface area contributed by atoms with E-state index >= 15 is 0 Å². The van der Waals surface area contributed by atoms with Crippen molar-refractivity contribution in [3.05, 3.63) is 0 Å². The van der Waals surface area contributed by atoms with Gasteiger partial charge in [-0.3, -0.25) is 4.79 Å². The molecule has 0 aliphatic heterocycles. The Bertz CT molecular complexity index is 573. The lowest BCUT2D eigenvalue weighted by molar-refractivity contribution is -0.256. The Balaban J connectivity index is 5.54. The molecule has 6 heteroatoms. The second-order valence-corrected chi connectivity index (χ2v) is 18.7. The first-order valence-electron chi connectivity index (χ1n) is 12.4. The first-order chi connectivity index (χ1) is 14.1. The molecule has 0 aromatic rings. The van der Waals surface area contributed by atoms with Crippen LogP contribution in [0.5, 0.6) is 0 Å². The SMILES string of the molecule is CC(C)CC(C[Si](C)(C)C)C(C)CCC(C)CC(C(=O)OC(C)(C)C)(C(C)C)C(F)(F)F. The molecule has 192 valence electrons. The summed E-state index contributed by atoms with van der Waals surface area (Å²) >= 11 is 0. The van der Waals surface area contributed by atoms with Crippen LogP contribution >= 0.6 is 0 Å². The minimum absolute atomic E-state index is 0.222. The lowest BCUT2D eigenvalue weighted by atomic mass is 9.69. The van der Waals surface area contributed by atoms with E-state index in [0.29, 0.717) is 24.2 Å². The number of esters is 1. The van der Waals surface area contributed by atoms with E-state index in [9.17, 15) is 18.0 Å². The molecule has 0 fully saturated rings. The molecule has 0 saturated heterocycles. The van der Waals surface area contributed by atoms with Gasteiger partial charge in [0.2, 0.25) is 0 Å². The van der Waals surface area contributed by atoms with Crippen molar-refractivity contribution >= 4 is 14.0 Å². The van der Waals surface area contributed by atoms with E-state index in [0.717, 1.165) is 12.8 Å². The van der Waals surface area contributed by atoms with Gasteiger partial charge in [0.05, 0.1) is 0 Å². The Morgan fingerprint density at radius 3 is 1.75 bits per heavy atom. The van der Waals surface area contributed by atoms with Crippen LogP contribution in [0.1, 0.15) is 88.0 Å². The molecule has 0 amide bonds. The third-order valence-electron chi connectivity index (χ3n) is 6.49. The zero-order valence-electron chi connectivity index (χ0n) is 22.9. The third kappa shape index (κ3) is 10.2. The van der Waals surface area contributed by atoms with Gasteiger partial charge in [0.25, 0.3) is 0 Å². The number of hydrogen-bond acceptors (Lipinski definition) is 2. The Morgan fingerprint density at radius 1 is 0.906 bits per heavy atom. The van der Waals surface area contributed by atoms with Crippen molar-refractivity contribution < 1.29 is 22.7 Å². The largest absolute Gasteiger partial charge is 0.459 e. The maximum absolute atomic E-state index is 14.4. The minimum Gasteiger partial charge on any atom is -0.459 e. The predicted molar refractivity (Wildman–Crippen MR) is 132 cm³/mol. The molecule has 4 unspecified atom stereocenters. The van der Waals surface area contributed by atoms with Gasteiger partial charge in [0.15, 0.2) is 5.41 Å². The zero-order chi connectivity index (χ0) is 25.7. The fourth-order valence-electron chi connectivity index (χ4n) is 4.83. The maximum Gasteiger partial charge on any atom is 0.405 e. The standard InChI is InChI=1S/C26H51F3O2Si/c1-18(2)15-22(17-32(10,11)12)21(6)14-13-20(5)16-25(19(3)4,26(27,28)29)23(30)31-24(7,8)9/h18-22H,13-17H2,1-12H3. The molecule has 2 nitrogen and oxygen atoms in total. The average Bonchev–Trinajstić information content (AvgIpc) is 2.51. The van der Waals surface area contributed by atoms with Crippen molar-refractivity contribution in [3.8, 4) is 0 Å². The summed E-state index contributed by atoms with van der Waals surface area (Å²) in [7, 11) is -1.23. The van der Waals surface area contributed by atoms with Crippen LogP contribution < -0.4 is 0 Å². The molecule has 4 atom stereocenters. The van der Waals surface area contributed by atoms with E-state index in [1.54, 1.807) is 20.8 Å². The molecule has 0 radical (unpaired) electrons. The third-order valence-corrected chi connectivity index (χ3v) is 8.24. The fraction of sp³-hybridized carbons (Fsp3) is 0.962. The van der Waals surface area contributed by atoms with Gasteiger partial charge >= 0.3 is 12.1 Å². The molecular weight excluding hydrogens is 429 g/mol. The van der Waals surface area contributed by atoms with Crippen molar-refractivity contribution in [2.75, 3.05) is 0 Å². The molecule has 0 heterocycles. The number of carbonyl (C=O) groups excluding carboxylic acids is 1. The van der Waals surface area contributed by atoms with Crippen molar-refractivity contribution in [1.82, 2.24) is 0 Å². The quantitative estimate of drug-likeness (QED) is 0.206. The van der Waals surface area contributed by atoms with Crippen LogP contribution in [0.3, 0.4) is 0 Å². The van der Waals surface area contributed by atoms with Gasteiger partial charge in [-0.05, 0) is 63.2 Å². The summed E-state index contributed by atoms with van der Waals surface area (Å²) in [5.74, 6) is -0.561. The summed E-state index contributed by atoms with van der Waals surface area (Å²) in [5, 5.41) is 0. The van der Waals surface area contributed by atoms with E-state index in [1.165, 1.54) is 19.9 Å². The average molecular weight is 481 g/mol. The number of alkyl halides is 3. The normalized spacial score (nSPS) is 18.4. The van der Waals surface area contributed by atoms with Gasteiger partial charge < -0.3 is 4.74 Å². The van der Waals surface area contributed by atoms with Crippen molar-refractivity contribution in [2.45, 2.75) is 125 Å². The summed E-state index contributed by atoms with van der Waals surface area (Å²) < 4.78 is 48.4.